The predicted octanol–water partition coefficient (Wildman–Crippen LogP) is 1.67. The van der Waals surface area contributed by atoms with Gasteiger partial charge in [0.25, 0.3) is 0 Å². The normalized spacial score (nSPS) is 11.1. The average Bonchev–Trinajstić information content (AvgIpc) is 2.53. The van der Waals surface area contributed by atoms with E-state index in [-0.39, 0.29) is 0 Å². The molecule has 0 radical (unpaired) electrons. The van der Waals surface area contributed by atoms with Crippen LogP contribution in [0.15, 0.2) is 10.9 Å². The van der Waals surface area contributed by atoms with Crippen molar-refractivity contribution in [1.29, 1.82) is 0 Å². The summed E-state index contributed by atoms with van der Waals surface area (Å²) in [5, 5.41) is 1.91. The molecule has 1 rings (SSSR count). The van der Waals surface area contributed by atoms with Gasteiger partial charge in [-0.1, -0.05) is 0 Å². The molecule has 1 amide bonds. The molecule has 1 heterocycles. The van der Waals surface area contributed by atoms with Crippen LogP contribution in [0.4, 0.5) is 4.79 Å². The maximum Gasteiger partial charge on any atom is 0.422 e. The lowest BCUT2D eigenvalue weighted by molar-refractivity contribution is 0.0497. The van der Waals surface area contributed by atoms with Crippen molar-refractivity contribution in [3.05, 3.63) is 16.6 Å². The second-order valence-electron chi connectivity index (χ2n) is 3.96. The summed E-state index contributed by atoms with van der Waals surface area (Å²) < 4.78 is 5.03. The lowest BCUT2D eigenvalue weighted by Crippen LogP contribution is -2.40. The third-order valence-electron chi connectivity index (χ3n) is 1.34. The van der Waals surface area contributed by atoms with Gasteiger partial charge in [0, 0.05) is 5.38 Å². The maximum absolute atomic E-state index is 11.2. The molecule has 0 atom stereocenters. The molecule has 2 N–H and O–H groups in total. The summed E-state index contributed by atoms with van der Waals surface area (Å²) in [6, 6.07) is 0. The fraction of sp³-hybridized carbons (Fsp3) is 0.556. The van der Waals surface area contributed by atoms with Gasteiger partial charge >= 0.3 is 6.09 Å². The van der Waals surface area contributed by atoms with Gasteiger partial charge in [0.1, 0.15) is 5.60 Å². The van der Waals surface area contributed by atoms with Crippen LogP contribution in [0, 0.1) is 0 Å². The Balaban J connectivity index is 2.18. The molecule has 0 aliphatic carbocycles. The summed E-state index contributed by atoms with van der Waals surface area (Å²) in [5.41, 5.74) is 7.31. The Hall–Kier alpha value is -1.14. The number of carbonyl (C=O) groups is 1. The zero-order chi connectivity index (χ0) is 11.3. The van der Waals surface area contributed by atoms with Gasteiger partial charge in [0.15, 0.2) is 0 Å². The van der Waals surface area contributed by atoms with Crippen LogP contribution in [0.3, 0.4) is 0 Å². The smallest absolute Gasteiger partial charge is 0.422 e. The van der Waals surface area contributed by atoms with Crippen molar-refractivity contribution < 1.29 is 9.53 Å². The van der Waals surface area contributed by atoms with Gasteiger partial charge in [0.05, 0.1) is 17.7 Å². The first-order valence-corrected chi connectivity index (χ1v) is 5.50. The molecule has 0 spiro atoms. The highest BCUT2D eigenvalue weighted by molar-refractivity contribution is 7.07. The van der Waals surface area contributed by atoms with E-state index in [0.717, 1.165) is 5.69 Å². The number of aromatic nitrogens is 1. The largest absolute Gasteiger partial charge is 0.443 e. The van der Waals surface area contributed by atoms with Crippen molar-refractivity contribution in [1.82, 2.24) is 15.8 Å². The Morgan fingerprint density at radius 3 is 2.87 bits per heavy atom. The van der Waals surface area contributed by atoms with Crippen molar-refractivity contribution in [2.24, 2.45) is 0 Å². The first-order valence-electron chi connectivity index (χ1n) is 4.56. The van der Waals surface area contributed by atoms with E-state index in [4.69, 9.17) is 4.74 Å². The Morgan fingerprint density at radius 2 is 2.33 bits per heavy atom. The van der Waals surface area contributed by atoms with Crippen LogP contribution in [0.1, 0.15) is 26.5 Å². The summed E-state index contributed by atoms with van der Waals surface area (Å²) in [4.78, 5) is 15.2. The quantitative estimate of drug-likeness (QED) is 0.774. The molecular weight excluding hydrogens is 214 g/mol. The molecular formula is C9H15N3O2S. The number of rotatable bonds is 3. The Labute approximate surface area is 92.8 Å². The number of hydrogen-bond donors (Lipinski definition) is 2. The van der Waals surface area contributed by atoms with E-state index in [0.29, 0.717) is 6.54 Å². The molecule has 0 aromatic carbocycles. The monoisotopic (exact) mass is 229 g/mol. The van der Waals surface area contributed by atoms with Gasteiger partial charge in [-0.15, -0.1) is 11.3 Å². The third kappa shape index (κ3) is 5.34. The van der Waals surface area contributed by atoms with Crippen LogP contribution in [0.2, 0.25) is 0 Å². The number of amides is 1. The molecule has 6 heteroatoms. The molecule has 1 aromatic rings. The number of carbonyl (C=O) groups excluding carboxylic acids is 1. The molecule has 0 saturated heterocycles. The van der Waals surface area contributed by atoms with Crippen LogP contribution in [0.5, 0.6) is 0 Å². The zero-order valence-electron chi connectivity index (χ0n) is 9.03. The second kappa shape index (κ2) is 5.09. The first-order chi connectivity index (χ1) is 6.97. The van der Waals surface area contributed by atoms with Crippen molar-refractivity contribution in [3.63, 3.8) is 0 Å². The van der Waals surface area contributed by atoms with Gasteiger partial charge in [-0.2, -0.15) is 0 Å². The minimum atomic E-state index is -0.488. The van der Waals surface area contributed by atoms with Crippen molar-refractivity contribution in [2.75, 3.05) is 0 Å². The number of nitrogens with one attached hydrogen (secondary N) is 2. The van der Waals surface area contributed by atoms with E-state index in [1.807, 2.05) is 26.2 Å². The first kappa shape index (κ1) is 11.9. The van der Waals surface area contributed by atoms with Gasteiger partial charge < -0.3 is 4.74 Å². The fourth-order valence-electron chi connectivity index (χ4n) is 0.835. The van der Waals surface area contributed by atoms with Crippen LogP contribution >= 0.6 is 11.3 Å². The summed E-state index contributed by atoms with van der Waals surface area (Å²) >= 11 is 1.51. The maximum atomic E-state index is 11.2. The van der Waals surface area contributed by atoms with E-state index >= 15 is 0 Å². The molecule has 0 aliphatic rings. The SMILES string of the molecule is CC(C)(C)OC(=O)NNCc1cscn1. The molecule has 84 valence electrons. The van der Waals surface area contributed by atoms with Crippen molar-refractivity contribution in [3.8, 4) is 0 Å². The molecule has 0 bridgehead atoms. The highest BCUT2D eigenvalue weighted by Gasteiger charge is 2.15. The van der Waals surface area contributed by atoms with Crippen LogP contribution in [-0.4, -0.2) is 16.7 Å². The summed E-state index contributed by atoms with van der Waals surface area (Å²) in [7, 11) is 0. The molecule has 0 fully saturated rings. The Bertz CT molecular complexity index is 306. The van der Waals surface area contributed by atoms with E-state index in [9.17, 15) is 4.79 Å². The van der Waals surface area contributed by atoms with Gasteiger partial charge in [-0.3, -0.25) is 5.43 Å². The summed E-state index contributed by atoms with van der Waals surface area (Å²) in [6.45, 7) is 5.93. The molecule has 15 heavy (non-hydrogen) atoms. The van der Waals surface area contributed by atoms with Crippen LogP contribution in [0.25, 0.3) is 0 Å². The van der Waals surface area contributed by atoms with E-state index < -0.39 is 11.7 Å². The van der Waals surface area contributed by atoms with Crippen molar-refractivity contribution in [2.45, 2.75) is 32.9 Å². The highest BCUT2D eigenvalue weighted by Crippen LogP contribution is 2.06. The minimum absolute atomic E-state index is 0.480. The minimum Gasteiger partial charge on any atom is -0.443 e. The number of ether oxygens (including phenoxy) is 1. The number of nitrogens with zero attached hydrogens (tertiary/aromatic N) is 1. The zero-order valence-corrected chi connectivity index (χ0v) is 9.85. The van der Waals surface area contributed by atoms with E-state index in [1.165, 1.54) is 11.3 Å². The topological polar surface area (TPSA) is 63.2 Å². The second-order valence-corrected chi connectivity index (χ2v) is 4.68. The molecule has 0 unspecified atom stereocenters. The van der Waals surface area contributed by atoms with Gasteiger partial charge in [0.2, 0.25) is 0 Å². The molecule has 5 nitrogen and oxygen atoms in total. The van der Waals surface area contributed by atoms with Crippen LogP contribution < -0.4 is 10.9 Å². The van der Waals surface area contributed by atoms with Gasteiger partial charge in [-0.25, -0.2) is 15.2 Å². The fourth-order valence-corrected chi connectivity index (χ4v) is 1.39. The summed E-state index contributed by atoms with van der Waals surface area (Å²) in [6.07, 6.45) is -0.488. The average molecular weight is 229 g/mol. The molecule has 0 saturated carbocycles. The standard InChI is InChI=1S/C9H15N3O2S/c1-9(2,3)14-8(13)12-11-4-7-5-15-6-10-7/h5-6,11H,4H2,1-3H3,(H,12,13). The van der Waals surface area contributed by atoms with E-state index in [2.05, 4.69) is 15.8 Å². The van der Waals surface area contributed by atoms with Crippen molar-refractivity contribution >= 4 is 17.4 Å². The Kier molecular flexibility index (Phi) is 4.05. The Morgan fingerprint density at radius 1 is 1.60 bits per heavy atom. The predicted molar refractivity (Wildman–Crippen MR) is 58.3 cm³/mol. The highest BCUT2D eigenvalue weighted by atomic mass is 32.1. The third-order valence-corrected chi connectivity index (χ3v) is 1.98. The van der Waals surface area contributed by atoms with Crippen LogP contribution in [-0.2, 0) is 11.3 Å². The lowest BCUT2D eigenvalue weighted by Gasteiger charge is -2.19. The van der Waals surface area contributed by atoms with E-state index in [1.54, 1.807) is 5.51 Å². The number of hydrogen-bond acceptors (Lipinski definition) is 5. The summed E-state index contributed by atoms with van der Waals surface area (Å²) in [5.74, 6) is 0. The molecule has 0 aliphatic heterocycles. The number of thiazole rings is 1. The molecule has 1 aromatic heterocycles. The van der Waals surface area contributed by atoms with Gasteiger partial charge in [-0.05, 0) is 20.8 Å². The number of hydrazine groups is 1. The lowest BCUT2D eigenvalue weighted by atomic mass is 10.2.